The molecule has 0 amide bonds. The standard InChI is InChI=1S/C16H16Cl2O/c1-9-4-5-12(8-14(9)17)16(19)13-6-10(2)11(3)7-15(13)18/h4-8,16,19H,1-3H3. The molecule has 1 N–H and O–H groups in total. The Bertz CT molecular complexity index is 620. The Balaban J connectivity index is 2.46. The molecule has 3 heteroatoms. The fraction of sp³-hybridized carbons (Fsp3) is 0.250. The van der Waals surface area contributed by atoms with Crippen molar-refractivity contribution in [3.8, 4) is 0 Å². The Morgan fingerprint density at radius 1 is 0.842 bits per heavy atom. The second-order valence-corrected chi connectivity index (χ2v) is 5.68. The highest BCUT2D eigenvalue weighted by Gasteiger charge is 2.16. The largest absolute Gasteiger partial charge is 0.384 e. The van der Waals surface area contributed by atoms with Crippen molar-refractivity contribution in [1.29, 1.82) is 0 Å². The van der Waals surface area contributed by atoms with E-state index in [0.29, 0.717) is 15.6 Å². The minimum Gasteiger partial charge on any atom is -0.384 e. The highest BCUT2D eigenvalue weighted by atomic mass is 35.5. The van der Waals surface area contributed by atoms with Crippen LogP contribution in [0.25, 0.3) is 0 Å². The van der Waals surface area contributed by atoms with Crippen LogP contribution in [-0.2, 0) is 0 Å². The molecule has 2 aromatic carbocycles. The third-order valence-electron chi connectivity index (χ3n) is 3.42. The molecule has 100 valence electrons. The van der Waals surface area contributed by atoms with Crippen LogP contribution in [0.15, 0.2) is 30.3 Å². The molecule has 2 aromatic rings. The highest BCUT2D eigenvalue weighted by Crippen LogP contribution is 2.32. The van der Waals surface area contributed by atoms with Gasteiger partial charge < -0.3 is 5.11 Å². The zero-order chi connectivity index (χ0) is 14.2. The normalized spacial score (nSPS) is 12.5. The van der Waals surface area contributed by atoms with E-state index in [1.165, 1.54) is 0 Å². The monoisotopic (exact) mass is 294 g/mol. The average Bonchev–Trinajstić information content (AvgIpc) is 2.36. The molecule has 0 radical (unpaired) electrons. The van der Waals surface area contributed by atoms with Gasteiger partial charge in [0.15, 0.2) is 0 Å². The Kier molecular flexibility index (Phi) is 4.19. The lowest BCUT2D eigenvalue weighted by atomic mass is 9.97. The molecule has 1 unspecified atom stereocenters. The van der Waals surface area contributed by atoms with E-state index in [1.807, 2.05) is 45.0 Å². The van der Waals surface area contributed by atoms with Crippen molar-refractivity contribution < 1.29 is 5.11 Å². The Labute approximate surface area is 123 Å². The molecular weight excluding hydrogens is 279 g/mol. The van der Waals surface area contributed by atoms with E-state index in [-0.39, 0.29) is 0 Å². The van der Waals surface area contributed by atoms with Crippen LogP contribution in [0.1, 0.15) is 33.9 Å². The predicted molar refractivity (Wildman–Crippen MR) is 81.2 cm³/mol. The Hall–Kier alpha value is -1.02. The molecule has 0 saturated carbocycles. The SMILES string of the molecule is Cc1cc(Cl)c(C(O)c2ccc(C)c(Cl)c2)cc1C. The van der Waals surface area contributed by atoms with Gasteiger partial charge in [-0.3, -0.25) is 0 Å². The number of hydrogen-bond donors (Lipinski definition) is 1. The molecule has 0 heterocycles. The molecular formula is C16H16Cl2O. The Morgan fingerprint density at radius 3 is 2.11 bits per heavy atom. The molecule has 1 atom stereocenters. The molecule has 19 heavy (non-hydrogen) atoms. The van der Waals surface area contributed by atoms with E-state index >= 15 is 0 Å². The summed E-state index contributed by atoms with van der Waals surface area (Å²) in [4.78, 5) is 0. The molecule has 0 aliphatic rings. The van der Waals surface area contributed by atoms with E-state index in [9.17, 15) is 5.11 Å². The lowest BCUT2D eigenvalue weighted by Crippen LogP contribution is -2.02. The van der Waals surface area contributed by atoms with Gasteiger partial charge in [0.25, 0.3) is 0 Å². The third-order valence-corrected chi connectivity index (χ3v) is 4.15. The number of rotatable bonds is 2. The van der Waals surface area contributed by atoms with Crippen molar-refractivity contribution in [3.05, 3.63) is 68.2 Å². The Morgan fingerprint density at radius 2 is 1.47 bits per heavy atom. The van der Waals surface area contributed by atoms with Crippen molar-refractivity contribution in [1.82, 2.24) is 0 Å². The number of aliphatic hydroxyl groups excluding tert-OH is 1. The average molecular weight is 295 g/mol. The van der Waals surface area contributed by atoms with Crippen LogP contribution in [0.5, 0.6) is 0 Å². The summed E-state index contributed by atoms with van der Waals surface area (Å²) in [5.41, 5.74) is 4.67. The van der Waals surface area contributed by atoms with E-state index < -0.39 is 6.10 Å². The molecule has 2 rings (SSSR count). The number of aliphatic hydroxyl groups is 1. The second kappa shape index (κ2) is 5.54. The van der Waals surface area contributed by atoms with Crippen molar-refractivity contribution in [2.75, 3.05) is 0 Å². The number of benzene rings is 2. The van der Waals surface area contributed by atoms with Crippen LogP contribution in [0.3, 0.4) is 0 Å². The van der Waals surface area contributed by atoms with Crippen molar-refractivity contribution in [3.63, 3.8) is 0 Å². The van der Waals surface area contributed by atoms with E-state index in [4.69, 9.17) is 23.2 Å². The zero-order valence-electron chi connectivity index (χ0n) is 11.2. The fourth-order valence-electron chi connectivity index (χ4n) is 1.97. The maximum atomic E-state index is 10.5. The first kappa shape index (κ1) is 14.4. The van der Waals surface area contributed by atoms with Crippen molar-refractivity contribution >= 4 is 23.2 Å². The van der Waals surface area contributed by atoms with Crippen LogP contribution in [-0.4, -0.2) is 5.11 Å². The maximum absolute atomic E-state index is 10.5. The van der Waals surface area contributed by atoms with Gasteiger partial charge >= 0.3 is 0 Å². The minimum absolute atomic E-state index is 0.576. The van der Waals surface area contributed by atoms with E-state index in [1.54, 1.807) is 6.07 Å². The second-order valence-electron chi connectivity index (χ2n) is 4.87. The number of hydrogen-bond acceptors (Lipinski definition) is 1. The van der Waals surface area contributed by atoms with Crippen molar-refractivity contribution in [2.45, 2.75) is 26.9 Å². The topological polar surface area (TPSA) is 20.2 Å². The quantitative estimate of drug-likeness (QED) is 0.826. The molecule has 0 aliphatic heterocycles. The maximum Gasteiger partial charge on any atom is 0.106 e. The van der Waals surface area contributed by atoms with Crippen molar-refractivity contribution in [2.24, 2.45) is 0 Å². The smallest absolute Gasteiger partial charge is 0.106 e. The molecule has 0 saturated heterocycles. The minimum atomic E-state index is -0.759. The van der Waals surface area contributed by atoms with Gasteiger partial charge in [-0.2, -0.15) is 0 Å². The van der Waals surface area contributed by atoms with Gasteiger partial charge in [-0.15, -0.1) is 0 Å². The third kappa shape index (κ3) is 2.94. The van der Waals surface area contributed by atoms with Crippen LogP contribution >= 0.6 is 23.2 Å². The zero-order valence-corrected chi connectivity index (χ0v) is 12.7. The molecule has 0 bridgehead atoms. The summed E-state index contributed by atoms with van der Waals surface area (Å²) in [7, 11) is 0. The molecule has 0 aromatic heterocycles. The number of halogens is 2. The van der Waals surface area contributed by atoms with Crippen LogP contribution < -0.4 is 0 Å². The summed E-state index contributed by atoms with van der Waals surface area (Å²) in [6.45, 7) is 5.94. The lowest BCUT2D eigenvalue weighted by molar-refractivity contribution is 0.220. The van der Waals surface area contributed by atoms with Gasteiger partial charge in [-0.05, 0) is 55.2 Å². The first-order chi connectivity index (χ1) is 8.90. The van der Waals surface area contributed by atoms with Gasteiger partial charge in [0.1, 0.15) is 6.10 Å². The first-order valence-corrected chi connectivity index (χ1v) is 6.86. The van der Waals surface area contributed by atoms with Gasteiger partial charge in [0.2, 0.25) is 0 Å². The molecule has 0 aliphatic carbocycles. The first-order valence-electron chi connectivity index (χ1n) is 6.11. The predicted octanol–water partition coefficient (Wildman–Crippen LogP) is 5.00. The summed E-state index contributed by atoms with van der Waals surface area (Å²) in [6.07, 6.45) is -0.759. The van der Waals surface area contributed by atoms with Gasteiger partial charge in [-0.25, -0.2) is 0 Å². The van der Waals surface area contributed by atoms with E-state index in [0.717, 1.165) is 22.3 Å². The molecule has 1 nitrogen and oxygen atoms in total. The number of aryl methyl sites for hydroxylation is 3. The molecule has 0 spiro atoms. The summed E-state index contributed by atoms with van der Waals surface area (Å²) in [6, 6.07) is 9.36. The van der Waals surface area contributed by atoms with E-state index in [2.05, 4.69) is 0 Å². The summed E-state index contributed by atoms with van der Waals surface area (Å²) in [5, 5.41) is 11.7. The fourth-order valence-corrected chi connectivity index (χ4v) is 2.48. The summed E-state index contributed by atoms with van der Waals surface area (Å²) >= 11 is 12.3. The summed E-state index contributed by atoms with van der Waals surface area (Å²) in [5.74, 6) is 0. The lowest BCUT2D eigenvalue weighted by Gasteiger charge is -2.16. The van der Waals surface area contributed by atoms with Gasteiger partial charge in [0.05, 0.1) is 0 Å². The highest BCUT2D eigenvalue weighted by molar-refractivity contribution is 6.32. The van der Waals surface area contributed by atoms with Crippen LogP contribution in [0, 0.1) is 20.8 Å². The van der Waals surface area contributed by atoms with Gasteiger partial charge in [0, 0.05) is 15.6 Å². The van der Waals surface area contributed by atoms with Gasteiger partial charge in [-0.1, -0.05) is 41.4 Å². The van der Waals surface area contributed by atoms with Crippen LogP contribution in [0.2, 0.25) is 10.0 Å². The van der Waals surface area contributed by atoms with Crippen LogP contribution in [0.4, 0.5) is 0 Å². The molecule has 0 fully saturated rings. The summed E-state index contributed by atoms with van der Waals surface area (Å²) < 4.78 is 0.